The molecule has 0 aliphatic heterocycles. The zero-order chi connectivity index (χ0) is 22.9. The molecule has 0 spiro atoms. The van der Waals surface area contributed by atoms with E-state index in [1.54, 1.807) is 30.3 Å². The Kier molecular flexibility index (Phi) is 10.6. The summed E-state index contributed by atoms with van der Waals surface area (Å²) in [6.07, 6.45) is 2.71. The minimum atomic E-state index is -3.13. The third-order valence-corrected chi connectivity index (χ3v) is 4.84. The molecule has 8 nitrogen and oxygen atoms in total. The highest BCUT2D eigenvalue weighted by Gasteiger charge is 2.25. The molecule has 0 aromatic heterocycles. The van der Waals surface area contributed by atoms with Crippen molar-refractivity contribution in [2.45, 2.75) is 45.6 Å². The molecule has 0 aliphatic carbocycles. The van der Waals surface area contributed by atoms with E-state index in [2.05, 4.69) is 26.1 Å². The quantitative estimate of drug-likeness (QED) is 0.226. The summed E-state index contributed by atoms with van der Waals surface area (Å²) in [4.78, 5) is 25.3. The number of hydrogen-bond acceptors (Lipinski definition) is 5. The number of hydrogen-bond donors (Lipinski definition) is 3. The number of ether oxygens (including phenoxy) is 1. The van der Waals surface area contributed by atoms with Gasteiger partial charge < -0.3 is 19.8 Å². The Morgan fingerprint density at radius 2 is 1.83 bits per heavy atom. The molecule has 3 N–H and O–H groups in total. The number of benzene rings is 2. The van der Waals surface area contributed by atoms with Crippen molar-refractivity contribution in [3.63, 3.8) is 0 Å². The fourth-order valence-corrected chi connectivity index (χ4v) is 3.17. The van der Waals surface area contributed by atoms with Crippen LogP contribution in [0.2, 0.25) is 10.0 Å². The number of nitro groups is 1. The van der Waals surface area contributed by atoms with Crippen LogP contribution in [0.25, 0.3) is 0 Å². The molecule has 2 aromatic carbocycles. The SMILES string of the molecule is CCCC(C)(CC)Nc1cc(Oc2ccc(Cl)cc2Cl)ccc1[N+](=O)[O-].O=[PH](O)O. The second-order valence-electron chi connectivity index (χ2n) is 6.68. The number of nitrogens with zero attached hydrogens (tertiary/aromatic N) is 1. The van der Waals surface area contributed by atoms with E-state index >= 15 is 0 Å². The number of rotatable bonds is 8. The Bertz CT molecular complexity index is 895. The molecule has 1 unspecified atom stereocenters. The van der Waals surface area contributed by atoms with Gasteiger partial charge in [-0.2, -0.15) is 0 Å². The van der Waals surface area contributed by atoms with Crippen LogP contribution in [0.4, 0.5) is 11.4 Å². The molecule has 30 heavy (non-hydrogen) atoms. The molecule has 2 aromatic rings. The molecule has 166 valence electrons. The molecule has 2 rings (SSSR count). The van der Waals surface area contributed by atoms with Crippen molar-refractivity contribution in [1.82, 2.24) is 0 Å². The summed E-state index contributed by atoms with van der Waals surface area (Å²) in [6.45, 7) is 6.21. The maximum absolute atomic E-state index is 11.4. The van der Waals surface area contributed by atoms with Gasteiger partial charge in [0.05, 0.1) is 9.95 Å². The Balaban J connectivity index is 0.00000103. The first-order chi connectivity index (χ1) is 14.0. The predicted molar refractivity (Wildman–Crippen MR) is 120 cm³/mol. The van der Waals surface area contributed by atoms with Crippen molar-refractivity contribution >= 4 is 42.8 Å². The number of anilines is 1. The van der Waals surface area contributed by atoms with Gasteiger partial charge in [-0.25, -0.2) is 0 Å². The fourth-order valence-electron chi connectivity index (χ4n) is 2.73. The minimum Gasteiger partial charge on any atom is -0.456 e. The van der Waals surface area contributed by atoms with E-state index in [4.69, 9.17) is 42.3 Å². The lowest BCUT2D eigenvalue weighted by atomic mass is 9.92. The molecule has 0 aliphatic rings. The zero-order valence-corrected chi connectivity index (χ0v) is 19.3. The van der Waals surface area contributed by atoms with E-state index in [9.17, 15) is 10.1 Å². The lowest BCUT2D eigenvalue weighted by Crippen LogP contribution is -2.33. The first-order valence-electron chi connectivity index (χ1n) is 9.12. The van der Waals surface area contributed by atoms with Crippen molar-refractivity contribution < 1.29 is 24.0 Å². The van der Waals surface area contributed by atoms with Crippen LogP contribution in [-0.2, 0) is 4.57 Å². The monoisotopic (exact) mass is 478 g/mol. The highest BCUT2D eigenvalue weighted by atomic mass is 35.5. The molecule has 0 amide bonds. The summed E-state index contributed by atoms with van der Waals surface area (Å²) in [5.41, 5.74) is 0.196. The second-order valence-corrected chi connectivity index (χ2v) is 8.09. The van der Waals surface area contributed by atoms with E-state index in [0.29, 0.717) is 27.2 Å². The van der Waals surface area contributed by atoms with Gasteiger partial charge in [-0.3, -0.25) is 14.7 Å². The Morgan fingerprint density at radius 1 is 1.20 bits per heavy atom. The maximum Gasteiger partial charge on any atom is 0.314 e. The van der Waals surface area contributed by atoms with Gasteiger partial charge in [0.15, 0.2) is 0 Å². The van der Waals surface area contributed by atoms with Gasteiger partial charge in [0.2, 0.25) is 0 Å². The van der Waals surface area contributed by atoms with E-state index in [1.807, 2.05) is 0 Å². The Morgan fingerprint density at radius 3 is 2.33 bits per heavy atom. The normalized spacial score (nSPS) is 12.5. The van der Waals surface area contributed by atoms with Crippen LogP contribution in [-0.4, -0.2) is 20.2 Å². The summed E-state index contributed by atoms with van der Waals surface area (Å²) < 4.78 is 14.5. The summed E-state index contributed by atoms with van der Waals surface area (Å²) in [6, 6.07) is 9.53. The zero-order valence-electron chi connectivity index (χ0n) is 16.8. The van der Waals surface area contributed by atoms with Crippen LogP contribution in [0.1, 0.15) is 40.0 Å². The molecule has 0 saturated carbocycles. The van der Waals surface area contributed by atoms with Gasteiger partial charge in [0.1, 0.15) is 17.2 Å². The van der Waals surface area contributed by atoms with Crippen molar-refractivity contribution in [3.05, 3.63) is 56.6 Å². The predicted octanol–water partition coefficient (Wildman–Crippen LogP) is 6.44. The molecule has 0 fully saturated rings. The van der Waals surface area contributed by atoms with Crippen LogP contribution < -0.4 is 10.1 Å². The third-order valence-electron chi connectivity index (χ3n) is 4.31. The molecule has 1 atom stereocenters. The van der Waals surface area contributed by atoms with Crippen molar-refractivity contribution in [2.75, 3.05) is 5.32 Å². The molecule has 0 radical (unpaired) electrons. The molecule has 0 bridgehead atoms. The van der Waals surface area contributed by atoms with Crippen molar-refractivity contribution in [2.24, 2.45) is 0 Å². The third kappa shape index (κ3) is 8.50. The average Bonchev–Trinajstić information content (AvgIpc) is 2.64. The molecule has 11 heteroatoms. The van der Waals surface area contributed by atoms with Crippen LogP contribution in [0.5, 0.6) is 11.5 Å². The van der Waals surface area contributed by atoms with Crippen molar-refractivity contribution in [3.8, 4) is 11.5 Å². The smallest absolute Gasteiger partial charge is 0.314 e. The number of nitrogens with one attached hydrogen (secondary N) is 1. The first-order valence-corrected chi connectivity index (χ1v) is 11.2. The molecular weight excluding hydrogens is 454 g/mol. The number of nitro benzene ring substituents is 1. The van der Waals surface area contributed by atoms with Gasteiger partial charge in [-0.05, 0) is 44.0 Å². The lowest BCUT2D eigenvalue weighted by molar-refractivity contribution is -0.384. The average molecular weight is 479 g/mol. The van der Waals surface area contributed by atoms with E-state index < -0.39 is 13.2 Å². The van der Waals surface area contributed by atoms with Gasteiger partial charge in [0, 0.05) is 22.7 Å². The minimum absolute atomic E-state index is 0.00957. The fraction of sp³-hybridized carbons (Fsp3) is 0.368. The number of halogens is 2. The van der Waals surface area contributed by atoms with Crippen LogP contribution in [0.15, 0.2) is 36.4 Å². The standard InChI is InChI=1S/C19H22Cl2N2O3.H3O3P/c1-4-10-19(3,5-2)22-16-12-14(7-8-17(16)23(24)25)26-18-9-6-13(20)11-15(18)21;1-4(2)3/h6-9,11-12,22H,4-5,10H2,1-3H3;4H,(H2,1,2,3). The highest BCUT2D eigenvalue weighted by molar-refractivity contribution is 7.30. The van der Waals surface area contributed by atoms with Crippen LogP contribution in [0.3, 0.4) is 0 Å². The Hall–Kier alpha value is -1.83. The largest absolute Gasteiger partial charge is 0.456 e. The molecule has 0 saturated heterocycles. The van der Waals surface area contributed by atoms with Crippen LogP contribution >= 0.6 is 31.5 Å². The summed E-state index contributed by atoms with van der Waals surface area (Å²) in [5.74, 6) is 0.889. The first kappa shape index (κ1) is 26.2. The Labute approximate surface area is 185 Å². The summed E-state index contributed by atoms with van der Waals surface area (Å²) >= 11 is 12.0. The molecular formula is C19H25Cl2N2O6P. The summed E-state index contributed by atoms with van der Waals surface area (Å²) in [5, 5.41) is 15.6. The molecule has 0 heterocycles. The lowest BCUT2D eigenvalue weighted by Gasteiger charge is -2.30. The van der Waals surface area contributed by atoms with Gasteiger partial charge in [-0.15, -0.1) is 0 Å². The topological polar surface area (TPSA) is 122 Å². The van der Waals surface area contributed by atoms with Gasteiger partial charge >= 0.3 is 8.25 Å². The maximum atomic E-state index is 11.4. The van der Waals surface area contributed by atoms with Gasteiger partial charge in [-0.1, -0.05) is 43.5 Å². The van der Waals surface area contributed by atoms with Crippen molar-refractivity contribution in [1.29, 1.82) is 0 Å². The van der Waals surface area contributed by atoms with E-state index in [-0.39, 0.29) is 11.2 Å². The highest BCUT2D eigenvalue weighted by Crippen LogP contribution is 2.37. The summed E-state index contributed by atoms with van der Waals surface area (Å²) in [7, 11) is -3.13. The van der Waals surface area contributed by atoms with Gasteiger partial charge in [0.25, 0.3) is 5.69 Å². The van der Waals surface area contributed by atoms with E-state index in [1.165, 1.54) is 6.07 Å². The second kappa shape index (κ2) is 12.1. The van der Waals surface area contributed by atoms with Crippen LogP contribution in [0, 0.1) is 10.1 Å². The van der Waals surface area contributed by atoms with E-state index in [0.717, 1.165) is 19.3 Å².